The first kappa shape index (κ1) is 31.8. The highest BCUT2D eigenvalue weighted by atomic mass is 35.5. The van der Waals surface area contributed by atoms with Crippen molar-refractivity contribution in [3.8, 4) is 0 Å². The van der Waals surface area contributed by atoms with Crippen LogP contribution < -0.4 is 9.62 Å². The summed E-state index contributed by atoms with van der Waals surface area (Å²) in [5.74, 6) is -0.836. The monoisotopic (exact) mass is 617 g/mol. The lowest BCUT2D eigenvalue weighted by Gasteiger charge is -2.34. The molecule has 0 aliphatic heterocycles. The number of amides is 2. The second kappa shape index (κ2) is 14.4. The number of nitrogens with zero attached hydrogens (tertiary/aromatic N) is 2. The molecule has 0 fully saturated rings. The number of rotatable bonds is 12. The van der Waals surface area contributed by atoms with E-state index in [0.29, 0.717) is 5.02 Å². The van der Waals surface area contributed by atoms with Crippen LogP contribution in [0.25, 0.3) is 0 Å². The van der Waals surface area contributed by atoms with Crippen LogP contribution in [0, 0.1) is 6.92 Å². The smallest absolute Gasteiger partial charge is 0.264 e. The average molecular weight is 618 g/mol. The number of nitrogens with one attached hydrogen (secondary N) is 1. The van der Waals surface area contributed by atoms with Crippen molar-refractivity contribution in [3.63, 3.8) is 0 Å². The Morgan fingerprint density at radius 1 is 0.791 bits per heavy atom. The first-order valence-corrected chi connectivity index (χ1v) is 15.9. The van der Waals surface area contributed by atoms with E-state index in [1.165, 1.54) is 17.0 Å². The molecule has 4 aromatic carbocycles. The zero-order chi connectivity index (χ0) is 31.0. The molecule has 0 aliphatic rings. The summed E-state index contributed by atoms with van der Waals surface area (Å²) in [5, 5.41) is 3.39. The molecule has 224 valence electrons. The Morgan fingerprint density at radius 3 is 1.91 bits per heavy atom. The SMILES string of the molecule is Cc1ccc(S(=O)(=O)N(CC(=O)N(Cc2ccccc2)[C@H](Cc2ccccc2)C(=O)NC(C)C)c2ccc(Cl)cc2)cc1. The fourth-order valence-corrected chi connectivity index (χ4v) is 6.23. The molecule has 0 spiro atoms. The van der Waals surface area contributed by atoms with E-state index in [9.17, 15) is 18.0 Å². The lowest BCUT2D eigenvalue weighted by Crippen LogP contribution is -2.54. The molecule has 1 N–H and O–H groups in total. The molecule has 0 aromatic heterocycles. The molecule has 4 aromatic rings. The predicted molar refractivity (Wildman–Crippen MR) is 171 cm³/mol. The first-order chi connectivity index (χ1) is 20.5. The Morgan fingerprint density at radius 2 is 1.35 bits per heavy atom. The largest absolute Gasteiger partial charge is 0.352 e. The average Bonchev–Trinajstić information content (AvgIpc) is 2.99. The number of anilines is 1. The Hall–Kier alpha value is -4.14. The maximum absolute atomic E-state index is 14.4. The third-order valence-electron chi connectivity index (χ3n) is 6.90. The Labute approximate surface area is 259 Å². The molecule has 0 aliphatic carbocycles. The Balaban J connectivity index is 1.78. The number of halogens is 1. The highest BCUT2D eigenvalue weighted by Crippen LogP contribution is 2.26. The summed E-state index contributed by atoms with van der Waals surface area (Å²) < 4.78 is 29.1. The minimum Gasteiger partial charge on any atom is -0.352 e. The number of hydrogen-bond donors (Lipinski definition) is 1. The van der Waals surface area contributed by atoms with Crippen molar-refractivity contribution in [2.45, 2.75) is 50.7 Å². The lowest BCUT2D eigenvalue weighted by molar-refractivity contribution is -0.140. The van der Waals surface area contributed by atoms with Crippen molar-refractivity contribution in [2.24, 2.45) is 0 Å². The van der Waals surface area contributed by atoms with Gasteiger partial charge in [0.05, 0.1) is 10.6 Å². The molecule has 0 heterocycles. The molecule has 1 atom stereocenters. The number of benzene rings is 4. The minimum absolute atomic E-state index is 0.0499. The lowest BCUT2D eigenvalue weighted by atomic mass is 10.0. The van der Waals surface area contributed by atoms with Gasteiger partial charge in [-0.05, 0) is 68.3 Å². The molecule has 9 heteroatoms. The van der Waals surface area contributed by atoms with Crippen LogP contribution in [0.1, 0.15) is 30.5 Å². The standard InChI is InChI=1S/C34H36ClN3O4S/c1-25(2)36-34(40)32(22-27-10-6-4-7-11-27)37(23-28-12-8-5-9-13-28)33(39)24-38(30-18-16-29(35)17-19-30)43(41,42)31-20-14-26(3)15-21-31/h4-21,25,32H,22-24H2,1-3H3,(H,36,40)/t32-/m1/s1. The van der Waals surface area contributed by atoms with Gasteiger partial charge < -0.3 is 10.2 Å². The van der Waals surface area contributed by atoms with E-state index in [1.54, 1.807) is 36.4 Å². The second-order valence-electron chi connectivity index (χ2n) is 10.7. The summed E-state index contributed by atoms with van der Waals surface area (Å²) in [4.78, 5) is 29.6. The van der Waals surface area contributed by atoms with E-state index in [-0.39, 0.29) is 35.5 Å². The number of hydrogen-bond acceptors (Lipinski definition) is 4. The molecule has 0 saturated carbocycles. The van der Waals surface area contributed by atoms with Crippen molar-refractivity contribution >= 4 is 39.1 Å². The van der Waals surface area contributed by atoms with Crippen LogP contribution in [0.5, 0.6) is 0 Å². The number of carbonyl (C=O) groups excluding carboxylic acids is 2. The number of carbonyl (C=O) groups is 2. The third kappa shape index (κ3) is 8.46. The van der Waals surface area contributed by atoms with Crippen LogP contribution in [-0.4, -0.2) is 43.8 Å². The molecule has 0 bridgehead atoms. The van der Waals surface area contributed by atoms with E-state index in [0.717, 1.165) is 21.0 Å². The number of sulfonamides is 1. The summed E-state index contributed by atoms with van der Waals surface area (Å²) in [6.07, 6.45) is 0.254. The second-order valence-corrected chi connectivity index (χ2v) is 13.0. The molecular formula is C34H36ClN3O4S. The van der Waals surface area contributed by atoms with Crippen LogP contribution in [0.2, 0.25) is 5.02 Å². The normalized spacial score (nSPS) is 12.0. The first-order valence-electron chi connectivity index (χ1n) is 14.1. The molecule has 0 radical (unpaired) electrons. The Kier molecular flexibility index (Phi) is 10.6. The van der Waals surface area contributed by atoms with Crippen molar-refractivity contribution < 1.29 is 18.0 Å². The maximum Gasteiger partial charge on any atom is 0.264 e. The van der Waals surface area contributed by atoms with Gasteiger partial charge in [0.2, 0.25) is 11.8 Å². The van der Waals surface area contributed by atoms with Gasteiger partial charge in [0.25, 0.3) is 10.0 Å². The van der Waals surface area contributed by atoms with Crippen LogP contribution in [0.3, 0.4) is 0 Å². The zero-order valence-corrected chi connectivity index (χ0v) is 26.1. The highest BCUT2D eigenvalue weighted by Gasteiger charge is 2.34. The molecule has 2 amide bonds. The van der Waals surface area contributed by atoms with Crippen LogP contribution in [0.4, 0.5) is 5.69 Å². The summed E-state index contributed by atoms with van der Waals surface area (Å²) in [5.41, 5.74) is 2.87. The van der Waals surface area contributed by atoms with E-state index in [2.05, 4.69) is 5.32 Å². The van der Waals surface area contributed by atoms with Gasteiger partial charge in [0.15, 0.2) is 0 Å². The summed E-state index contributed by atoms with van der Waals surface area (Å²) in [6.45, 7) is 5.18. The van der Waals surface area contributed by atoms with Crippen LogP contribution in [0.15, 0.2) is 114 Å². The zero-order valence-electron chi connectivity index (χ0n) is 24.5. The van der Waals surface area contributed by atoms with Crippen molar-refractivity contribution in [3.05, 3.63) is 131 Å². The molecule has 43 heavy (non-hydrogen) atoms. The molecule has 0 unspecified atom stereocenters. The summed E-state index contributed by atoms with van der Waals surface area (Å²) in [7, 11) is -4.17. The molecular weight excluding hydrogens is 582 g/mol. The van der Waals surface area contributed by atoms with Crippen molar-refractivity contribution in [1.82, 2.24) is 10.2 Å². The van der Waals surface area contributed by atoms with E-state index in [1.807, 2.05) is 81.4 Å². The molecule has 4 rings (SSSR count). The molecule has 7 nitrogen and oxygen atoms in total. The van der Waals surface area contributed by atoms with Gasteiger partial charge in [-0.3, -0.25) is 13.9 Å². The van der Waals surface area contributed by atoms with Gasteiger partial charge >= 0.3 is 0 Å². The maximum atomic E-state index is 14.4. The van der Waals surface area contributed by atoms with Crippen LogP contribution in [-0.2, 0) is 32.6 Å². The fraction of sp³-hybridized carbons (Fsp3) is 0.235. The third-order valence-corrected chi connectivity index (χ3v) is 8.94. The van der Waals surface area contributed by atoms with Gasteiger partial charge in [-0.15, -0.1) is 0 Å². The minimum atomic E-state index is -4.17. The van der Waals surface area contributed by atoms with Gasteiger partial charge in [-0.2, -0.15) is 0 Å². The van der Waals surface area contributed by atoms with E-state index >= 15 is 0 Å². The molecule has 0 saturated heterocycles. The summed E-state index contributed by atoms with van der Waals surface area (Å²) >= 11 is 6.12. The topological polar surface area (TPSA) is 86.8 Å². The van der Waals surface area contributed by atoms with Gasteiger partial charge in [0, 0.05) is 24.0 Å². The van der Waals surface area contributed by atoms with Crippen LogP contribution >= 0.6 is 11.6 Å². The predicted octanol–water partition coefficient (Wildman–Crippen LogP) is 6.01. The highest BCUT2D eigenvalue weighted by molar-refractivity contribution is 7.92. The van der Waals surface area contributed by atoms with Gasteiger partial charge in [0.1, 0.15) is 12.6 Å². The van der Waals surface area contributed by atoms with Gasteiger partial charge in [-0.1, -0.05) is 90.0 Å². The number of aryl methyl sites for hydroxylation is 1. The van der Waals surface area contributed by atoms with Crippen molar-refractivity contribution in [1.29, 1.82) is 0 Å². The fourth-order valence-electron chi connectivity index (χ4n) is 4.69. The van der Waals surface area contributed by atoms with Gasteiger partial charge in [-0.25, -0.2) is 8.42 Å². The quantitative estimate of drug-likeness (QED) is 0.211. The summed E-state index contributed by atoms with van der Waals surface area (Å²) in [6, 6.07) is 30.5. The van der Waals surface area contributed by atoms with E-state index in [4.69, 9.17) is 11.6 Å². The van der Waals surface area contributed by atoms with Crippen molar-refractivity contribution in [2.75, 3.05) is 10.8 Å². The Bertz CT molecular complexity index is 1610. The van der Waals surface area contributed by atoms with E-state index < -0.39 is 28.5 Å².